The Balaban J connectivity index is 1.65. The summed E-state index contributed by atoms with van der Waals surface area (Å²) in [6.45, 7) is 9.94. The highest BCUT2D eigenvalue weighted by molar-refractivity contribution is 5.94. The van der Waals surface area contributed by atoms with Gasteiger partial charge in [-0.15, -0.1) is 0 Å². The van der Waals surface area contributed by atoms with Crippen molar-refractivity contribution < 1.29 is 9.53 Å². The molecule has 1 aromatic heterocycles. The highest BCUT2D eigenvalue weighted by atomic mass is 16.5. The molecule has 0 spiro atoms. The van der Waals surface area contributed by atoms with E-state index in [0.29, 0.717) is 18.0 Å². The molecule has 2 aromatic rings. The topological polar surface area (TPSA) is 69.0 Å². The van der Waals surface area contributed by atoms with E-state index in [0.717, 1.165) is 24.3 Å². The minimum absolute atomic E-state index is 0.0483. The van der Waals surface area contributed by atoms with E-state index in [1.807, 2.05) is 25.1 Å². The van der Waals surface area contributed by atoms with E-state index in [2.05, 4.69) is 36.2 Å². The zero-order valence-electron chi connectivity index (χ0n) is 15.3. The monoisotopic (exact) mass is 342 g/mol. The van der Waals surface area contributed by atoms with Crippen molar-refractivity contribution in [1.82, 2.24) is 20.1 Å². The van der Waals surface area contributed by atoms with Gasteiger partial charge in [0.15, 0.2) is 0 Å². The maximum atomic E-state index is 12.5. The van der Waals surface area contributed by atoms with Crippen molar-refractivity contribution in [3.8, 4) is 5.69 Å². The molecule has 2 heterocycles. The fraction of sp³-hybridized carbons (Fsp3) is 0.526. The molecule has 3 rings (SSSR count). The second-order valence-corrected chi connectivity index (χ2v) is 7.76. The second-order valence-electron chi connectivity index (χ2n) is 7.76. The number of nitrogens with zero attached hydrogens (tertiary/aromatic N) is 3. The highest BCUT2D eigenvalue weighted by Gasteiger charge is 2.37. The number of aromatic nitrogens is 3. The summed E-state index contributed by atoms with van der Waals surface area (Å²) < 4.78 is 7.57. The van der Waals surface area contributed by atoms with Crippen LogP contribution >= 0.6 is 0 Å². The lowest BCUT2D eigenvalue weighted by atomic mass is 9.81. The fourth-order valence-electron chi connectivity index (χ4n) is 3.51. The summed E-state index contributed by atoms with van der Waals surface area (Å²) in [4.78, 5) is 16.5. The van der Waals surface area contributed by atoms with Gasteiger partial charge in [-0.05, 0) is 42.5 Å². The Bertz CT molecular complexity index is 734. The molecule has 134 valence electrons. The molecule has 1 saturated heterocycles. The van der Waals surface area contributed by atoms with E-state index in [-0.39, 0.29) is 17.4 Å². The van der Waals surface area contributed by atoms with Crippen LogP contribution in [0.25, 0.3) is 5.69 Å². The molecule has 25 heavy (non-hydrogen) atoms. The maximum absolute atomic E-state index is 12.5. The van der Waals surface area contributed by atoms with Gasteiger partial charge in [0, 0.05) is 24.6 Å². The number of rotatable bonds is 4. The van der Waals surface area contributed by atoms with Gasteiger partial charge < -0.3 is 10.1 Å². The van der Waals surface area contributed by atoms with Crippen molar-refractivity contribution in [3.63, 3.8) is 0 Å². The molecule has 6 nitrogen and oxygen atoms in total. The van der Waals surface area contributed by atoms with Crippen LogP contribution in [-0.2, 0) is 4.74 Å². The SMILES string of the molecule is Cc1cc(C(=O)NC[C@H]2CCO[C@@H]2C(C)(C)C)ccc1-n1cncn1. The van der Waals surface area contributed by atoms with Crippen LogP contribution in [0.1, 0.15) is 43.1 Å². The van der Waals surface area contributed by atoms with Crippen molar-refractivity contribution in [1.29, 1.82) is 0 Å². The molecule has 0 aliphatic carbocycles. The smallest absolute Gasteiger partial charge is 0.251 e. The minimum atomic E-state index is -0.0483. The largest absolute Gasteiger partial charge is 0.377 e. The van der Waals surface area contributed by atoms with Gasteiger partial charge in [-0.2, -0.15) is 5.10 Å². The number of hydrogen-bond donors (Lipinski definition) is 1. The number of carbonyl (C=O) groups excluding carboxylic acids is 1. The second kappa shape index (κ2) is 6.96. The van der Waals surface area contributed by atoms with Gasteiger partial charge >= 0.3 is 0 Å². The summed E-state index contributed by atoms with van der Waals surface area (Å²) in [7, 11) is 0. The summed E-state index contributed by atoms with van der Waals surface area (Å²) in [6.07, 6.45) is 4.32. The van der Waals surface area contributed by atoms with Gasteiger partial charge in [-0.3, -0.25) is 4.79 Å². The number of nitrogens with one attached hydrogen (secondary N) is 1. The number of amides is 1. The Labute approximate surface area is 148 Å². The van der Waals surface area contributed by atoms with E-state index in [4.69, 9.17) is 4.74 Å². The standard InChI is InChI=1S/C19H26N4O2/c1-13-9-14(5-6-16(13)23-12-20-11-22-23)18(24)21-10-15-7-8-25-17(15)19(2,3)4/h5-6,9,11-12,15,17H,7-8,10H2,1-4H3,(H,21,24)/t15-,17+/m1/s1. The highest BCUT2D eigenvalue weighted by Crippen LogP contribution is 2.34. The van der Waals surface area contributed by atoms with Crippen LogP contribution < -0.4 is 5.32 Å². The Kier molecular flexibility index (Phi) is 4.90. The molecule has 6 heteroatoms. The lowest BCUT2D eigenvalue weighted by Crippen LogP contribution is -2.38. The Morgan fingerprint density at radius 3 is 2.84 bits per heavy atom. The molecule has 0 radical (unpaired) electrons. The first-order valence-corrected chi connectivity index (χ1v) is 8.71. The normalized spacial score (nSPS) is 20.6. The van der Waals surface area contributed by atoms with Gasteiger partial charge in [-0.1, -0.05) is 20.8 Å². The summed E-state index contributed by atoms with van der Waals surface area (Å²) >= 11 is 0. The van der Waals surface area contributed by atoms with Crippen LogP contribution in [0.15, 0.2) is 30.9 Å². The average Bonchev–Trinajstić information content (AvgIpc) is 3.23. The Morgan fingerprint density at radius 2 is 2.20 bits per heavy atom. The molecule has 2 atom stereocenters. The van der Waals surface area contributed by atoms with Crippen molar-refractivity contribution in [2.45, 2.75) is 40.2 Å². The van der Waals surface area contributed by atoms with Crippen molar-refractivity contribution in [2.75, 3.05) is 13.2 Å². The quantitative estimate of drug-likeness (QED) is 0.927. The number of carbonyl (C=O) groups is 1. The van der Waals surface area contributed by atoms with E-state index in [1.54, 1.807) is 11.0 Å². The average molecular weight is 342 g/mol. The van der Waals surface area contributed by atoms with Crippen LogP contribution in [0, 0.1) is 18.3 Å². The predicted molar refractivity (Wildman–Crippen MR) is 95.7 cm³/mol. The third-order valence-corrected chi connectivity index (χ3v) is 4.72. The van der Waals surface area contributed by atoms with E-state index >= 15 is 0 Å². The van der Waals surface area contributed by atoms with Crippen LogP contribution in [0.4, 0.5) is 0 Å². The third-order valence-electron chi connectivity index (χ3n) is 4.72. The number of benzene rings is 1. The fourth-order valence-corrected chi connectivity index (χ4v) is 3.51. The van der Waals surface area contributed by atoms with Crippen molar-refractivity contribution in [2.24, 2.45) is 11.3 Å². The third kappa shape index (κ3) is 3.90. The minimum Gasteiger partial charge on any atom is -0.377 e. The Hall–Kier alpha value is -2.21. The number of ether oxygens (including phenoxy) is 1. The molecule has 0 saturated carbocycles. The molecule has 0 unspecified atom stereocenters. The zero-order chi connectivity index (χ0) is 18.0. The van der Waals surface area contributed by atoms with Gasteiger partial charge in [0.1, 0.15) is 12.7 Å². The van der Waals surface area contributed by atoms with E-state index < -0.39 is 0 Å². The van der Waals surface area contributed by atoms with Gasteiger partial charge in [0.25, 0.3) is 5.91 Å². The number of aryl methyl sites for hydroxylation is 1. The first-order valence-electron chi connectivity index (χ1n) is 8.71. The molecule has 1 aliphatic heterocycles. The Morgan fingerprint density at radius 1 is 1.40 bits per heavy atom. The molecular formula is C19H26N4O2. The lowest BCUT2D eigenvalue weighted by molar-refractivity contribution is 0.00737. The first kappa shape index (κ1) is 17.6. The van der Waals surface area contributed by atoms with Gasteiger partial charge in [0.05, 0.1) is 11.8 Å². The van der Waals surface area contributed by atoms with Gasteiger partial charge in [-0.25, -0.2) is 9.67 Å². The molecule has 1 fully saturated rings. The van der Waals surface area contributed by atoms with Crippen LogP contribution in [0.2, 0.25) is 0 Å². The number of hydrogen-bond acceptors (Lipinski definition) is 4. The summed E-state index contributed by atoms with van der Waals surface area (Å²) in [5, 5.41) is 7.20. The van der Waals surface area contributed by atoms with Crippen LogP contribution in [0.3, 0.4) is 0 Å². The van der Waals surface area contributed by atoms with Crippen LogP contribution in [0.5, 0.6) is 0 Å². The predicted octanol–water partition coefficient (Wildman–Crippen LogP) is 2.76. The summed E-state index contributed by atoms with van der Waals surface area (Å²) in [6, 6.07) is 5.61. The van der Waals surface area contributed by atoms with Crippen molar-refractivity contribution in [3.05, 3.63) is 42.0 Å². The molecule has 1 aromatic carbocycles. The molecule has 1 N–H and O–H groups in total. The van der Waals surface area contributed by atoms with Crippen LogP contribution in [-0.4, -0.2) is 39.9 Å². The molecular weight excluding hydrogens is 316 g/mol. The summed E-state index contributed by atoms with van der Waals surface area (Å²) in [5.41, 5.74) is 2.65. The lowest BCUT2D eigenvalue weighted by Gasteiger charge is -2.31. The zero-order valence-corrected chi connectivity index (χ0v) is 15.3. The van der Waals surface area contributed by atoms with Gasteiger partial charge in [0.2, 0.25) is 0 Å². The molecule has 1 aliphatic rings. The molecule has 1 amide bonds. The van der Waals surface area contributed by atoms with Crippen molar-refractivity contribution >= 4 is 5.91 Å². The van der Waals surface area contributed by atoms with E-state index in [1.165, 1.54) is 6.33 Å². The molecule has 0 bridgehead atoms. The summed E-state index contributed by atoms with van der Waals surface area (Å²) in [5.74, 6) is 0.312. The maximum Gasteiger partial charge on any atom is 0.251 e. The van der Waals surface area contributed by atoms with E-state index in [9.17, 15) is 4.79 Å². The first-order chi connectivity index (χ1) is 11.9.